The zero-order chi connectivity index (χ0) is 14.7. The first-order chi connectivity index (χ1) is 9.47. The first kappa shape index (κ1) is 14.7. The second kappa shape index (κ2) is 6.19. The number of halogens is 2. The molecule has 0 saturated carbocycles. The van der Waals surface area contributed by atoms with Crippen LogP contribution in [0.5, 0.6) is 0 Å². The highest BCUT2D eigenvalue weighted by Crippen LogP contribution is 2.24. The fourth-order valence-electron chi connectivity index (χ4n) is 1.58. The normalized spacial score (nSPS) is 10.1. The molecule has 0 radical (unpaired) electrons. The van der Waals surface area contributed by atoms with E-state index in [-0.39, 0.29) is 11.5 Å². The van der Waals surface area contributed by atoms with Gasteiger partial charge >= 0.3 is 5.97 Å². The van der Waals surface area contributed by atoms with Crippen molar-refractivity contribution in [2.75, 3.05) is 5.32 Å². The van der Waals surface area contributed by atoms with Crippen LogP contribution in [0.1, 0.15) is 20.7 Å². The number of rotatable bonds is 3. The smallest absolute Gasteiger partial charge is 0.335 e. The van der Waals surface area contributed by atoms with Crippen molar-refractivity contribution in [3.63, 3.8) is 0 Å². The number of hydrogen-bond acceptors (Lipinski definition) is 2. The van der Waals surface area contributed by atoms with Gasteiger partial charge in [-0.15, -0.1) is 0 Å². The third kappa shape index (κ3) is 3.46. The van der Waals surface area contributed by atoms with Crippen molar-refractivity contribution in [2.24, 2.45) is 0 Å². The van der Waals surface area contributed by atoms with E-state index in [0.29, 0.717) is 15.7 Å². The SMILES string of the molecule is O=C(O)c1ccc(Br)c(NC(=O)c2cccc(Br)c2)c1. The third-order valence-electron chi connectivity index (χ3n) is 2.55. The number of carboxylic acids is 1. The molecule has 1 amide bonds. The van der Waals surface area contributed by atoms with Crippen LogP contribution in [0.25, 0.3) is 0 Å². The Bertz CT molecular complexity index is 686. The summed E-state index contributed by atoms with van der Waals surface area (Å²) in [5.74, 6) is -1.36. The van der Waals surface area contributed by atoms with E-state index in [0.717, 1.165) is 4.47 Å². The highest BCUT2D eigenvalue weighted by molar-refractivity contribution is 9.10. The van der Waals surface area contributed by atoms with Gasteiger partial charge in [0.15, 0.2) is 0 Å². The van der Waals surface area contributed by atoms with Gasteiger partial charge in [-0.1, -0.05) is 22.0 Å². The minimum absolute atomic E-state index is 0.109. The summed E-state index contributed by atoms with van der Waals surface area (Å²) < 4.78 is 1.41. The van der Waals surface area contributed by atoms with Gasteiger partial charge in [-0.25, -0.2) is 4.79 Å². The molecule has 2 aromatic carbocycles. The fourth-order valence-corrected chi connectivity index (χ4v) is 2.32. The molecule has 2 rings (SSSR count). The van der Waals surface area contributed by atoms with Crippen LogP contribution in [0.15, 0.2) is 51.4 Å². The molecule has 6 heteroatoms. The van der Waals surface area contributed by atoms with Gasteiger partial charge in [0, 0.05) is 14.5 Å². The van der Waals surface area contributed by atoms with Crippen molar-refractivity contribution < 1.29 is 14.7 Å². The molecule has 0 spiro atoms. The van der Waals surface area contributed by atoms with Crippen LogP contribution in [0, 0.1) is 0 Å². The average Bonchev–Trinajstić information content (AvgIpc) is 2.41. The molecule has 0 unspecified atom stereocenters. The van der Waals surface area contributed by atoms with Crippen molar-refractivity contribution in [2.45, 2.75) is 0 Å². The Morgan fingerprint density at radius 3 is 2.40 bits per heavy atom. The van der Waals surface area contributed by atoms with Gasteiger partial charge in [-0.3, -0.25) is 4.79 Å². The zero-order valence-electron chi connectivity index (χ0n) is 10.1. The van der Waals surface area contributed by atoms with Gasteiger partial charge in [0.05, 0.1) is 11.3 Å². The Hall–Kier alpha value is -1.66. The molecule has 4 nitrogen and oxygen atoms in total. The largest absolute Gasteiger partial charge is 0.478 e. The molecule has 0 aromatic heterocycles. The first-order valence-electron chi connectivity index (χ1n) is 5.57. The molecule has 0 heterocycles. The molecule has 0 aliphatic heterocycles. The summed E-state index contributed by atoms with van der Waals surface area (Å²) in [5.41, 5.74) is 1.000. The number of amides is 1. The summed E-state index contributed by atoms with van der Waals surface area (Å²) in [5, 5.41) is 11.6. The number of benzene rings is 2. The summed E-state index contributed by atoms with van der Waals surface area (Å²) >= 11 is 6.57. The Kier molecular flexibility index (Phi) is 4.57. The molecule has 20 heavy (non-hydrogen) atoms. The van der Waals surface area contributed by atoms with Crippen LogP contribution in [-0.4, -0.2) is 17.0 Å². The second-order valence-corrected chi connectivity index (χ2v) is 5.73. The summed E-state index contributed by atoms with van der Waals surface area (Å²) in [6.45, 7) is 0. The molecule has 102 valence electrons. The minimum atomic E-state index is -1.05. The number of carbonyl (C=O) groups is 2. The Morgan fingerprint density at radius 1 is 1.00 bits per heavy atom. The summed E-state index contributed by atoms with van der Waals surface area (Å²) in [7, 11) is 0. The van der Waals surface area contributed by atoms with Crippen LogP contribution < -0.4 is 5.32 Å². The second-order valence-electron chi connectivity index (χ2n) is 3.96. The lowest BCUT2D eigenvalue weighted by molar-refractivity contribution is 0.0696. The van der Waals surface area contributed by atoms with Crippen LogP contribution in [0.4, 0.5) is 5.69 Å². The van der Waals surface area contributed by atoms with E-state index in [9.17, 15) is 9.59 Å². The molecular formula is C14H9Br2NO3. The van der Waals surface area contributed by atoms with E-state index in [1.165, 1.54) is 12.1 Å². The topological polar surface area (TPSA) is 66.4 Å². The molecular weight excluding hydrogens is 390 g/mol. The molecule has 2 aromatic rings. The molecule has 0 fully saturated rings. The number of nitrogens with one attached hydrogen (secondary N) is 1. The molecule has 0 atom stereocenters. The van der Waals surface area contributed by atoms with Gasteiger partial charge in [-0.2, -0.15) is 0 Å². The van der Waals surface area contributed by atoms with Crippen molar-refractivity contribution in [3.8, 4) is 0 Å². The van der Waals surface area contributed by atoms with Crippen molar-refractivity contribution in [1.29, 1.82) is 0 Å². The van der Waals surface area contributed by atoms with Gasteiger partial charge < -0.3 is 10.4 Å². The monoisotopic (exact) mass is 397 g/mol. The quantitative estimate of drug-likeness (QED) is 0.815. The van der Waals surface area contributed by atoms with E-state index in [1.807, 2.05) is 6.07 Å². The Labute approximate surface area is 132 Å². The number of anilines is 1. The van der Waals surface area contributed by atoms with E-state index in [4.69, 9.17) is 5.11 Å². The van der Waals surface area contributed by atoms with Crippen molar-refractivity contribution >= 4 is 49.4 Å². The summed E-state index contributed by atoms with van der Waals surface area (Å²) in [4.78, 5) is 23.0. The predicted molar refractivity (Wildman–Crippen MR) is 83.2 cm³/mol. The lowest BCUT2D eigenvalue weighted by Crippen LogP contribution is -2.12. The fraction of sp³-hybridized carbons (Fsp3) is 0. The van der Waals surface area contributed by atoms with Gasteiger partial charge in [0.1, 0.15) is 0 Å². The van der Waals surface area contributed by atoms with E-state index < -0.39 is 5.97 Å². The molecule has 0 bridgehead atoms. The van der Waals surface area contributed by atoms with Gasteiger partial charge in [0.2, 0.25) is 0 Å². The van der Waals surface area contributed by atoms with Crippen molar-refractivity contribution in [1.82, 2.24) is 0 Å². The summed E-state index contributed by atoms with van der Waals surface area (Å²) in [6.07, 6.45) is 0. The lowest BCUT2D eigenvalue weighted by atomic mass is 10.2. The van der Waals surface area contributed by atoms with E-state index >= 15 is 0 Å². The van der Waals surface area contributed by atoms with E-state index in [2.05, 4.69) is 37.2 Å². The van der Waals surface area contributed by atoms with Crippen LogP contribution in [0.2, 0.25) is 0 Å². The van der Waals surface area contributed by atoms with Crippen LogP contribution in [-0.2, 0) is 0 Å². The Morgan fingerprint density at radius 2 is 1.75 bits per heavy atom. The van der Waals surface area contributed by atoms with E-state index in [1.54, 1.807) is 24.3 Å². The van der Waals surface area contributed by atoms with Crippen LogP contribution >= 0.6 is 31.9 Å². The molecule has 0 aliphatic carbocycles. The summed E-state index contributed by atoms with van der Waals surface area (Å²) in [6, 6.07) is 11.4. The van der Waals surface area contributed by atoms with Crippen molar-refractivity contribution in [3.05, 3.63) is 62.5 Å². The number of hydrogen-bond donors (Lipinski definition) is 2. The zero-order valence-corrected chi connectivity index (χ0v) is 13.2. The molecule has 0 saturated heterocycles. The highest BCUT2D eigenvalue weighted by Gasteiger charge is 2.11. The lowest BCUT2D eigenvalue weighted by Gasteiger charge is -2.08. The average molecular weight is 399 g/mol. The third-order valence-corrected chi connectivity index (χ3v) is 3.73. The number of carbonyl (C=O) groups excluding carboxylic acids is 1. The predicted octanol–water partition coefficient (Wildman–Crippen LogP) is 4.16. The standard InChI is InChI=1S/C14H9Br2NO3/c15-10-3-1-2-8(6-10)13(18)17-12-7-9(14(19)20)4-5-11(12)16/h1-7H,(H,17,18)(H,19,20). The van der Waals surface area contributed by atoms with Gasteiger partial charge in [0.25, 0.3) is 5.91 Å². The number of aromatic carboxylic acids is 1. The number of carboxylic acid groups (broad SMARTS) is 1. The molecule has 2 N–H and O–H groups in total. The maximum absolute atomic E-state index is 12.1. The highest BCUT2D eigenvalue weighted by atomic mass is 79.9. The van der Waals surface area contributed by atoms with Gasteiger partial charge in [-0.05, 0) is 52.3 Å². The first-order valence-corrected chi connectivity index (χ1v) is 7.16. The maximum atomic E-state index is 12.1. The minimum Gasteiger partial charge on any atom is -0.478 e. The molecule has 0 aliphatic rings. The van der Waals surface area contributed by atoms with Crippen LogP contribution in [0.3, 0.4) is 0 Å². The maximum Gasteiger partial charge on any atom is 0.335 e. The Balaban J connectivity index is 2.27.